The number of aromatic nitrogens is 3. The number of nitrogens with one attached hydrogen (secondary N) is 1. The molecule has 0 atom stereocenters. The normalized spacial score (nSPS) is 19.5. The highest BCUT2D eigenvalue weighted by Gasteiger charge is 2.23. The summed E-state index contributed by atoms with van der Waals surface area (Å²) in [4.78, 5) is 33.4. The summed E-state index contributed by atoms with van der Waals surface area (Å²) in [7, 11) is 0. The number of carbonyl (C=O) groups is 2. The van der Waals surface area contributed by atoms with E-state index in [-0.39, 0.29) is 23.3 Å². The molecule has 0 unspecified atom stereocenters. The van der Waals surface area contributed by atoms with Crippen LogP contribution in [0.3, 0.4) is 0 Å². The van der Waals surface area contributed by atoms with Crippen molar-refractivity contribution in [2.24, 2.45) is 11.7 Å². The lowest BCUT2D eigenvalue weighted by molar-refractivity contribution is 0.0915. The van der Waals surface area contributed by atoms with Crippen molar-refractivity contribution in [2.75, 3.05) is 0 Å². The third-order valence-corrected chi connectivity index (χ3v) is 5.39. The highest BCUT2D eigenvalue weighted by atomic mass is 16.2. The number of fused-ring (bicyclic) bond motifs is 1. The van der Waals surface area contributed by atoms with Crippen LogP contribution in [0.15, 0.2) is 42.7 Å². The summed E-state index contributed by atoms with van der Waals surface area (Å²) >= 11 is 0. The van der Waals surface area contributed by atoms with Crippen molar-refractivity contribution in [1.29, 1.82) is 0 Å². The summed E-state index contributed by atoms with van der Waals surface area (Å²) in [5.41, 5.74) is 7.62. The van der Waals surface area contributed by atoms with Crippen LogP contribution in [0.1, 0.15) is 53.6 Å². The largest absolute Gasteiger partial charge is 0.364 e. The zero-order valence-electron chi connectivity index (χ0n) is 15.8. The van der Waals surface area contributed by atoms with Crippen molar-refractivity contribution in [2.45, 2.75) is 38.6 Å². The average Bonchev–Trinajstić information content (AvgIpc) is 3.14. The lowest BCUT2D eigenvalue weighted by atomic mass is 9.87. The zero-order valence-corrected chi connectivity index (χ0v) is 15.8. The predicted molar refractivity (Wildman–Crippen MR) is 106 cm³/mol. The number of carbonyl (C=O) groups excluding carboxylic acids is 2. The van der Waals surface area contributed by atoms with Crippen LogP contribution in [0, 0.1) is 5.92 Å². The molecule has 0 spiro atoms. The Bertz CT molecular complexity index is 1020. The van der Waals surface area contributed by atoms with Gasteiger partial charge >= 0.3 is 0 Å². The van der Waals surface area contributed by atoms with Gasteiger partial charge in [-0.25, -0.2) is 9.97 Å². The molecule has 0 saturated heterocycles. The smallest absolute Gasteiger partial charge is 0.271 e. The molecule has 144 valence electrons. The molecule has 1 saturated carbocycles. The number of benzene rings is 1. The van der Waals surface area contributed by atoms with E-state index < -0.39 is 5.91 Å². The minimum Gasteiger partial charge on any atom is -0.364 e. The number of hydrogen-bond acceptors (Lipinski definition) is 4. The molecule has 1 aliphatic rings. The SMILES string of the molecule is CC1CCC(NC(=O)c2cc(-c3ccccc3)nc3c(C(N)=O)ncn23)CC1. The van der Waals surface area contributed by atoms with E-state index in [4.69, 9.17) is 5.73 Å². The number of rotatable bonds is 4. The molecule has 2 amide bonds. The fourth-order valence-electron chi connectivity index (χ4n) is 3.74. The Hall–Kier alpha value is -3.22. The van der Waals surface area contributed by atoms with Crippen LogP contribution in [0.2, 0.25) is 0 Å². The molecule has 0 bridgehead atoms. The van der Waals surface area contributed by atoms with Crippen LogP contribution < -0.4 is 11.1 Å². The topological polar surface area (TPSA) is 102 Å². The monoisotopic (exact) mass is 377 g/mol. The van der Waals surface area contributed by atoms with Crippen LogP contribution >= 0.6 is 0 Å². The van der Waals surface area contributed by atoms with Crippen molar-refractivity contribution in [3.05, 3.63) is 54.1 Å². The van der Waals surface area contributed by atoms with Gasteiger partial charge in [0, 0.05) is 11.6 Å². The second kappa shape index (κ2) is 7.42. The number of primary amides is 1. The molecular weight excluding hydrogens is 354 g/mol. The minimum absolute atomic E-state index is 0.0540. The maximum atomic E-state index is 13.1. The van der Waals surface area contributed by atoms with Gasteiger partial charge in [0.25, 0.3) is 11.8 Å². The van der Waals surface area contributed by atoms with Gasteiger partial charge in [0.05, 0.1) is 5.69 Å². The van der Waals surface area contributed by atoms with Crippen molar-refractivity contribution in [3.8, 4) is 11.3 Å². The van der Waals surface area contributed by atoms with E-state index in [1.54, 1.807) is 6.07 Å². The summed E-state index contributed by atoms with van der Waals surface area (Å²) < 4.78 is 1.54. The molecule has 3 N–H and O–H groups in total. The molecule has 28 heavy (non-hydrogen) atoms. The Balaban J connectivity index is 1.75. The van der Waals surface area contributed by atoms with E-state index in [0.29, 0.717) is 17.3 Å². The van der Waals surface area contributed by atoms with Crippen LogP contribution in [-0.4, -0.2) is 32.2 Å². The van der Waals surface area contributed by atoms with E-state index in [9.17, 15) is 9.59 Å². The zero-order chi connectivity index (χ0) is 19.7. The molecule has 1 aliphatic carbocycles. The first-order chi connectivity index (χ1) is 13.5. The van der Waals surface area contributed by atoms with Gasteiger partial charge in [-0.3, -0.25) is 14.0 Å². The van der Waals surface area contributed by atoms with E-state index in [1.165, 1.54) is 10.7 Å². The van der Waals surface area contributed by atoms with Crippen molar-refractivity contribution < 1.29 is 9.59 Å². The molecular formula is C21H23N5O2. The number of amides is 2. The molecule has 0 radical (unpaired) electrons. The Morgan fingerprint density at radius 3 is 2.54 bits per heavy atom. The van der Waals surface area contributed by atoms with Gasteiger partial charge in [-0.1, -0.05) is 37.3 Å². The maximum Gasteiger partial charge on any atom is 0.271 e. The molecule has 4 rings (SSSR count). The summed E-state index contributed by atoms with van der Waals surface area (Å²) in [6.45, 7) is 2.24. The Kier molecular flexibility index (Phi) is 4.81. The number of nitrogens with zero attached hydrogens (tertiary/aromatic N) is 3. The fraction of sp³-hybridized carbons (Fsp3) is 0.333. The fourth-order valence-corrected chi connectivity index (χ4v) is 3.74. The first-order valence-electron chi connectivity index (χ1n) is 9.57. The molecule has 0 aliphatic heterocycles. The third-order valence-electron chi connectivity index (χ3n) is 5.39. The van der Waals surface area contributed by atoms with Gasteiger partial charge in [0.2, 0.25) is 0 Å². The number of nitrogens with two attached hydrogens (primary N) is 1. The molecule has 7 heteroatoms. The minimum atomic E-state index is -0.673. The second-order valence-corrected chi connectivity index (χ2v) is 7.47. The molecule has 7 nitrogen and oxygen atoms in total. The molecule has 1 aromatic carbocycles. The summed E-state index contributed by atoms with van der Waals surface area (Å²) in [5, 5.41) is 3.13. The Morgan fingerprint density at radius 2 is 1.86 bits per heavy atom. The number of hydrogen-bond donors (Lipinski definition) is 2. The van der Waals surface area contributed by atoms with Crippen LogP contribution in [0.25, 0.3) is 16.9 Å². The van der Waals surface area contributed by atoms with Gasteiger partial charge < -0.3 is 11.1 Å². The van der Waals surface area contributed by atoms with E-state index in [0.717, 1.165) is 31.2 Å². The molecule has 2 heterocycles. The predicted octanol–water partition coefficient (Wildman–Crippen LogP) is 2.80. The van der Waals surface area contributed by atoms with E-state index in [1.807, 2.05) is 30.3 Å². The van der Waals surface area contributed by atoms with E-state index in [2.05, 4.69) is 22.2 Å². The van der Waals surface area contributed by atoms with Gasteiger partial charge in [0.15, 0.2) is 11.3 Å². The highest BCUT2D eigenvalue weighted by Crippen LogP contribution is 2.25. The van der Waals surface area contributed by atoms with Crippen LogP contribution in [-0.2, 0) is 0 Å². The summed E-state index contributed by atoms with van der Waals surface area (Å²) in [6.07, 6.45) is 5.60. The van der Waals surface area contributed by atoms with Crippen molar-refractivity contribution in [3.63, 3.8) is 0 Å². The molecule has 2 aromatic heterocycles. The summed E-state index contributed by atoms with van der Waals surface area (Å²) in [6, 6.07) is 11.4. The highest BCUT2D eigenvalue weighted by molar-refractivity contribution is 5.99. The maximum absolute atomic E-state index is 13.1. The first-order valence-corrected chi connectivity index (χ1v) is 9.57. The van der Waals surface area contributed by atoms with Gasteiger partial charge in [-0.05, 0) is 37.7 Å². The second-order valence-electron chi connectivity index (χ2n) is 7.47. The van der Waals surface area contributed by atoms with Crippen LogP contribution in [0.5, 0.6) is 0 Å². The quantitative estimate of drug-likeness (QED) is 0.730. The van der Waals surface area contributed by atoms with Gasteiger partial charge in [0.1, 0.15) is 12.0 Å². The lowest BCUT2D eigenvalue weighted by Crippen LogP contribution is -2.38. The van der Waals surface area contributed by atoms with Crippen molar-refractivity contribution >= 4 is 17.5 Å². The number of imidazole rings is 1. The molecule has 3 aromatic rings. The van der Waals surface area contributed by atoms with Gasteiger partial charge in [-0.15, -0.1) is 0 Å². The summed E-state index contributed by atoms with van der Waals surface area (Å²) in [5.74, 6) is -0.164. The van der Waals surface area contributed by atoms with Gasteiger partial charge in [-0.2, -0.15) is 0 Å². The van der Waals surface area contributed by atoms with E-state index >= 15 is 0 Å². The Labute approximate surface area is 163 Å². The lowest BCUT2D eigenvalue weighted by Gasteiger charge is -2.27. The standard InChI is InChI=1S/C21H23N5O2/c1-13-7-9-15(10-8-13)24-21(28)17-11-16(14-5-3-2-4-6-14)25-20-18(19(22)27)23-12-26(17)20/h2-6,11-13,15H,7-10H2,1H3,(H2,22,27)(H,24,28). The third kappa shape index (κ3) is 3.47. The van der Waals surface area contributed by atoms with Crippen molar-refractivity contribution in [1.82, 2.24) is 19.7 Å². The average molecular weight is 377 g/mol. The van der Waals surface area contributed by atoms with Crippen LogP contribution in [0.4, 0.5) is 0 Å². The first kappa shape index (κ1) is 18.2. The Morgan fingerprint density at radius 1 is 1.14 bits per heavy atom. The molecule has 1 fully saturated rings.